The van der Waals surface area contributed by atoms with Crippen LogP contribution in [0.15, 0.2) is 12.2 Å². The van der Waals surface area contributed by atoms with Crippen molar-refractivity contribution in [1.82, 2.24) is 0 Å². The molecule has 0 rings (SSSR count). The molecule has 0 aliphatic heterocycles. The molecule has 0 radical (unpaired) electrons. The van der Waals surface area contributed by atoms with Crippen LogP contribution in [0.25, 0.3) is 0 Å². The first-order valence-corrected chi connectivity index (χ1v) is 9.16. The van der Waals surface area contributed by atoms with Crippen LogP contribution < -0.4 is 0 Å². The minimum Gasteiger partial charge on any atom is -0.396 e. The summed E-state index contributed by atoms with van der Waals surface area (Å²) in [6, 6.07) is 0. The van der Waals surface area contributed by atoms with Gasteiger partial charge < -0.3 is 14.6 Å². The topological polar surface area (TPSA) is 38.7 Å². The summed E-state index contributed by atoms with van der Waals surface area (Å²) in [5.41, 5.74) is 0. The van der Waals surface area contributed by atoms with Gasteiger partial charge in [0.2, 0.25) is 0 Å². The first-order valence-electron chi connectivity index (χ1n) is 9.16. The smallest absolute Gasteiger partial charge is 0.156 e. The summed E-state index contributed by atoms with van der Waals surface area (Å²) >= 11 is 0. The number of unbranched alkanes of at least 4 members (excludes halogenated alkanes) is 10. The van der Waals surface area contributed by atoms with Crippen molar-refractivity contribution in [3.8, 4) is 0 Å². The standard InChI is InChI=1S/C19H38O3/c1-21-19(22-2)17-15-13-11-9-7-5-3-4-6-8-10-12-14-16-18-20/h12,14,19-20H,3-11,13,15-18H2,1-2H3/b14-12-. The zero-order valence-corrected chi connectivity index (χ0v) is 14.9. The Hall–Kier alpha value is -0.380. The molecule has 0 aromatic rings. The van der Waals surface area contributed by atoms with Crippen LogP contribution in [-0.2, 0) is 9.47 Å². The number of rotatable bonds is 17. The molecule has 0 aliphatic carbocycles. The molecule has 0 unspecified atom stereocenters. The number of aliphatic hydroxyl groups is 1. The lowest BCUT2D eigenvalue weighted by molar-refractivity contribution is -0.107. The molecule has 0 saturated heterocycles. The monoisotopic (exact) mass is 314 g/mol. The Bertz CT molecular complexity index is 225. The van der Waals surface area contributed by atoms with E-state index in [-0.39, 0.29) is 12.9 Å². The van der Waals surface area contributed by atoms with Crippen LogP contribution in [-0.4, -0.2) is 32.2 Å². The van der Waals surface area contributed by atoms with E-state index in [1.807, 2.05) is 0 Å². The van der Waals surface area contributed by atoms with Gasteiger partial charge in [0, 0.05) is 20.8 Å². The molecule has 0 fully saturated rings. The van der Waals surface area contributed by atoms with Crippen molar-refractivity contribution >= 4 is 0 Å². The third-order valence-corrected chi connectivity index (χ3v) is 4.05. The number of ether oxygens (including phenoxy) is 2. The predicted molar refractivity (Wildman–Crippen MR) is 94.1 cm³/mol. The quantitative estimate of drug-likeness (QED) is 0.227. The number of aliphatic hydroxyl groups excluding tert-OH is 1. The molecule has 3 heteroatoms. The average molecular weight is 315 g/mol. The maximum absolute atomic E-state index is 8.64. The van der Waals surface area contributed by atoms with Crippen LogP contribution in [0.4, 0.5) is 0 Å². The van der Waals surface area contributed by atoms with Gasteiger partial charge in [-0.2, -0.15) is 0 Å². The lowest BCUT2D eigenvalue weighted by atomic mass is 10.0. The van der Waals surface area contributed by atoms with Gasteiger partial charge in [-0.3, -0.25) is 0 Å². The van der Waals surface area contributed by atoms with E-state index < -0.39 is 0 Å². The Morgan fingerprint density at radius 1 is 0.682 bits per heavy atom. The Balaban J connectivity index is 3.08. The van der Waals surface area contributed by atoms with Crippen LogP contribution in [0, 0.1) is 0 Å². The first-order chi connectivity index (χ1) is 10.8. The fourth-order valence-corrected chi connectivity index (χ4v) is 2.63. The second-order valence-corrected chi connectivity index (χ2v) is 6.00. The number of allylic oxidation sites excluding steroid dienone is 1. The predicted octanol–water partition coefficient (Wildman–Crippen LogP) is 5.23. The van der Waals surface area contributed by atoms with Crippen molar-refractivity contribution < 1.29 is 14.6 Å². The summed E-state index contributed by atoms with van der Waals surface area (Å²) in [5, 5.41) is 8.64. The molecule has 0 aromatic carbocycles. The van der Waals surface area contributed by atoms with E-state index in [9.17, 15) is 0 Å². The zero-order chi connectivity index (χ0) is 16.3. The molecule has 0 amide bonds. The maximum atomic E-state index is 8.64. The minimum atomic E-state index is -0.0153. The molecule has 0 aromatic heterocycles. The van der Waals surface area contributed by atoms with Gasteiger partial charge in [-0.15, -0.1) is 0 Å². The summed E-state index contributed by atoms with van der Waals surface area (Å²) in [7, 11) is 3.42. The van der Waals surface area contributed by atoms with E-state index in [2.05, 4.69) is 12.2 Å². The highest BCUT2D eigenvalue weighted by molar-refractivity contribution is 4.80. The summed E-state index contributed by atoms with van der Waals surface area (Å²) in [6.45, 7) is 0.274. The Morgan fingerprint density at radius 3 is 1.64 bits per heavy atom. The summed E-state index contributed by atoms with van der Waals surface area (Å²) in [4.78, 5) is 0. The first kappa shape index (κ1) is 21.6. The van der Waals surface area contributed by atoms with Crippen molar-refractivity contribution in [2.24, 2.45) is 0 Å². The number of methoxy groups -OCH3 is 2. The summed E-state index contributed by atoms with van der Waals surface area (Å²) < 4.78 is 10.4. The van der Waals surface area contributed by atoms with Gasteiger partial charge in [0.25, 0.3) is 0 Å². The lowest BCUT2D eigenvalue weighted by Crippen LogP contribution is -2.12. The molecule has 22 heavy (non-hydrogen) atoms. The number of hydrogen-bond acceptors (Lipinski definition) is 3. The van der Waals surface area contributed by atoms with Crippen molar-refractivity contribution in [2.45, 2.75) is 89.8 Å². The highest BCUT2D eigenvalue weighted by atomic mass is 16.7. The van der Waals surface area contributed by atoms with Gasteiger partial charge in [0.05, 0.1) is 0 Å². The van der Waals surface area contributed by atoms with E-state index in [1.54, 1.807) is 14.2 Å². The summed E-state index contributed by atoms with van der Waals surface area (Å²) in [6.07, 6.45) is 20.6. The largest absolute Gasteiger partial charge is 0.396 e. The Morgan fingerprint density at radius 2 is 1.14 bits per heavy atom. The fourth-order valence-electron chi connectivity index (χ4n) is 2.63. The highest BCUT2D eigenvalue weighted by Crippen LogP contribution is 2.13. The van der Waals surface area contributed by atoms with E-state index >= 15 is 0 Å². The summed E-state index contributed by atoms with van der Waals surface area (Å²) in [5.74, 6) is 0. The van der Waals surface area contributed by atoms with Crippen molar-refractivity contribution in [2.75, 3.05) is 20.8 Å². The molecule has 3 nitrogen and oxygen atoms in total. The minimum absolute atomic E-state index is 0.0153. The van der Waals surface area contributed by atoms with Gasteiger partial charge in [-0.25, -0.2) is 0 Å². The Kier molecular flexibility index (Phi) is 18.3. The molecule has 0 saturated carbocycles. The fraction of sp³-hybridized carbons (Fsp3) is 0.895. The molecule has 0 spiro atoms. The lowest BCUT2D eigenvalue weighted by Gasteiger charge is -2.12. The van der Waals surface area contributed by atoms with E-state index in [0.717, 1.165) is 12.8 Å². The second kappa shape index (κ2) is 18.7. The normalized spacial score (nSPS) is 11.8. The average Bonchev–Trinajstić information content (AvgIpc) is 2.55. The molecule has 0 atom stereocenters. The molecule has 132 valence electrons. The van der Waals surface area contributed by atoms with Gasteiger partial charge in [0.15, 0.2) is 6.29 Å². The Labute approximate surface area is 138 Å². The third kappa shape index (κ3) is 16.0. The van der Waals surface area contributed by atoms with Crippen molar-refractivity contribution in [3.05, 3.63) is 12.2 Å². The third-order valence-electron chi connectivity index (χ3n) is 4.05. The van der Waals surface area contributed by atoms with Crippen LogP contribution in [0.1, 0.15) is 83.5 Å². The van der Waals surface area contributed by atoms with E-state index in [4.69, 9.17) is 14.6 Å². The van der Waals surface area contributed by atoms with Crippen molar-refractivity contribution in [1.29, 1.82) is 0 Å². The van der Waals surface area contributed by atoms with Crippen LogP contribution in [0.3, 0.4) is 0 Å². The highest BCUT2D eigenvalue weighted by Gasteiger charge is 2.03. The van der Waals surface area contributed by atoms with E-state index in [1.165, 1.54) is 70.6 Å². The molecular weight excluding hydrogens is 276 g/mol. The van der Waals surface area contributed by atoms with Gasteiger partial charge in [-0.05, 0) is 32.1 Å². The molecule has 1 N–H and O–H groups in total. The van der Waals surface area contributed by atoms with Gasteiger partial charge >= 0.3 is 0 Å². The molecule has 0 heterocycles. The van der Waals surface area contributed by atoms with Crippen LogP contribution in [0.2, 0.25) is 0 Å². The van der Waals surface area contributed by atoms with E-state index in [0.29, 0.717) is 0 Å². The van der Waals surface area contributed by atoms with Crippen molar-refractivity contribution in [3.63, 3.8) is 0 Å². The SMILES string of the molecule is COC(CCCCCCCCCCCC/C=C\CCO)OC. The second-order valence-electron chi connectivity index (χ2n) is 6.00. The number of hydrogen-bond donors (Lipinski definition) is 1. The molecule has 0 aliphatic rings. The van der Waals surface area contributed by atoms with Crippen LogP contribution in [0.5, 0.6) is 0 Å². The molecular formula is C19H38O3. The van der Waals surface area contributed by atoms with Crippen LogP contribution >= 0.6 is 0 Å². The zero-order valence-electron chi connectivity index (χ0n) is 14.9. The van der Waals surface area contributed by atoms with Gasteiger partial charge in [0.1, 0.15) is 0 Å². The van der Waals surface area contributed by atoms with Gasteiger partial charge in [-0.1, -0.05) is 63.5 Å². The maximum Gasteiger partial charge on any atom is 0.156 e. The molecule has 0 bridgehead atoms.